The van der Waals surface area contributed by atoms with Crippen LogP contribution in [0.1, 0.15) is 72.1 Å². The molecule has 27 heavy (non-hydrogen) atoms. The first-order valence-electron chi connectivity index (χ1n) is 10.8. The van der Waals surface area contributed by atoms with Gasteiger partial charge in [-0.3, -0.25) is 0 Å². The number of aliphatic hydroxyl groups is 2. The summed E-state index contributed by atoms with van der Waals surface area (Å²) >= 11 is 0. The Morgan fingerprint density at radius 2 is 1.44 bits per heavy atom. The molecule has 3 N–H and O–H groups in total. The third-order valence-electron chi connectivity index (χ3n) is 5.27. The van der Waals surface area contributed by atoms with E-state index in [9.17, 15) is 4.79 Å². The zero-order valence-corrected chi connectivity index (χ0v) is 17.7. The van der Waals surface area contributed by atoms with Gasteiger partial charge in [-0.15, -0.1) is 0 Å². The molecule has 6 nitrogen and oxygen atoms in total. The number of piperidine rings is 2. The quantitative estimate of drug-likeness (QED) is 0.653. The van der Waals surface area contributed by atoms with Gasteiger partial charge in [-0.1, -0.05) is 0 Å². The van der Waals surface area contributed by atoms with E-state index in [1.54, 1.807) is 4.90 Å². The molecule has 0 unspecified atom stereocenters. The lowest BCUT2D eigenvalue weighted by molar-refractivity contribution is 0.0179. The molecule has 0 aromatic rings. The summed E-state index contributed by atoms with van der Waals surface area (Å²) in [5.41, 5.74) is -0.412. The van der Waals surface area contributed by atoms with E-state index in [4.69, 9.17) is 14.9 Å². The van der Waals surface area contributed by atoms with Crippen LogP contribution in [0.5, 0.6) is 0 Å². The molecule has 2 saturated heterocycles. The minimum atomic E-state index is -0.412. The first kappa shape index (κ1) is 24.2. The molecule has 2 heterocycles. The lowest BCUT2D eigenvalue weighted by atomic mass is 9.92. The summed E-state index contributed by atoms with van der Waals surface area (Å²) < 4.78 is 5.34. The van der Waals surface area contributed by atoms with Crippen LogP contribution >= 0.6 is 0 Å². The van der Waals surface area contributed by atoms with Gasteiger partial charge in [0.05, 0.1) is 0 Å². The van der Waals surface area contributed by atoms with E-state index < -0.39 is 5.60 Å². The van der Waals surface area contributed by atoms with Crippen LogP contribution in [0, 0.1) is 11.8 Å². The van der Waals surface area contributed by atoms with Gasteiger partial charge < -0.3 is 25.2 Å². The smallest absolute Gasteiger partial charge is 0.410 e. The Morgan fingerprint density at radius 3 is 1.89 bits per heavy atom. The molecule has 0 spiro atoms. The van der Waals surface area contributed by atoms with Crippen molar-refractivity contribution in [2.75, 3.05) is 39.4 Å². The van der Waals surface area contributed by atoms with Crippen molar-refractivity contribution in [2.45, 2.75) is 77.7 Å². The maximum absolute atomic E-state index is 11.8. The number of likely N-dealkylation sites (tertiary alicyclic amines) is 1. The van der Waals surface area contributed by atoms with Crippen LogP contribution in [-0.4, -0.2) is 66.2 Å². The summed E-state index contributed by atoms with van der Waals surface area (Å²) in [6, 6.07) is 0. The highest BCUT2D eigenvalue weighted by Gasteiger charge is 2.26. The highest BCUT2D eigenvalue weighted by Crippen LogP contribution is 2.23. The lowest BCUT2D eigenvalue weighted by Gasteiger charge is -2.33. The third kappa shape index (κ3) is 11.6. The molecule has 0 aliphatic carbocycles. The van der Waals surface area contributed by atoms with Crippen molar-refractivity contribution in [1.82, 2.24) is 10.2 Å². The summed E-state index contributed by atoms with van der Waals surface area (Å²) in [6.45, 7) is 10.2. The highest BCUT2D eigenvalue weighted by molar-refractivity contribution is 5.68. The van der Waals surface area contributed by atoms with Crippen molar-refractivity contribution in [3.05, 3.63) is 0 Å². The van der Waals surface area contributed by atoms with Crippen LogP contribution < -0.4 is 5.32 Å². The maximum Gasteiger partial charge on any atom is 0.410 e. The Hall–Kier alpha value is -0.850. The first-order valence-corrected chi connectivity index (χ1v) is 10.8. The summed E-state index contributed by atoms with van der Waals surface area (Å²) in [5, 5.41) is 20.7. The van der Waals surface area contributed by atoms with Crippen LogP contribution in [0.2, 0.25) is 0 Å². The Bertz CT molecular complexity index is 384. The normalized spacial score (nSPS) is 19.4. The molecule has 2 aliphatic heterocycles. The monoisotopic (exact) mass is 386 g/mol. The predicted octanol–water partition coefficient (Wildman–Crippen LogP) is 3.16. The number of nitrogens with zero attached hydrogens (tertiary/aromatic N) is 1. The van der Waals surface area contributed by atoms with Gasteiger partial charge in [0.25, 0.3) is 0 Å². The number of carbonyl (C=O) groups is 1. The molecular weight excluding hydrogens is 344 g/mol. The molecule has 0 aromatic carbocycles. The van der Waals surface area contributed by atoms with Gasteiger partial charge in [0.15, 0.2) is 0 Å². The average molecular weight is 387 g/mol. The van der Waals surface area contributed by atoms with Gasteiger partial charge in [0.2, 0.25) is 0 Å². The van der Waals surface area contributed by atoms with Crippen molar-refractivity contribution >= 4 is 6.09 Å². The summed E-state index contributed by atoms with van der Waals surface area (Å²) in [7, 11) is 0. The van der Waals surface area contributed by atoms with Crippen LogP contribution in [0.15, 0.2) is 0 Å². The van der Waals surface area contributed by atoms with E-state index in [2.05, 4.69) is 5.32 Å². The average Bonchev–Trinajstić information content (AvgIpc) is 2.65. The molecule has 6 heteroatoms. The number of aliphatic hydroxyl groups excluding tert-OH is 2. The number of nitrogens with one attached hydrogen (secondary N) is 1. The predicted molar refractivity (Wildman–Crippen MR) is 109 cm³/mol. The molecule has 0 saturated carbocycles. The molecular formula is C21H42N2O4. The standard InChI is InChI=1S/C13H25NO3.C8H17NO/c1-13(2,3)17-12(16)14-8-6-11(7-9-14)5-4-10-15;10-7-1-2-8-3-5-9-6-4-8/h11,15H,4-10H2,1-3H3;8-10H,1-7H2. The highest BCUT2D eigenvalue weighted by atomic mass is 16.6. The second-order valence-corrected chi connectivity index (χ2v) is 8.84. The van der Waals surface area contributed by atoms with Gasteiger partial charge in [-0.25, -0.2) is 4.79 Å². The molecule has 1 amide bonds. The molecule has 2 aliphatic rings. The largest absolute Gasteiger partial charge is 0.444 e. The number of hydrogen-bond acceptors (Lipinski definition) is 5. The summed E-state index contributed by atoms with van der Waals surface area (Å²) in [5.74, 6) is 1.54. The van der Waals surface area contributed by atoms with Gasteiger partial charge >= 0.3 is 6.09 Å². The molecule has 2 rings (SSSR count). The molecule has 160 valence electrons. The Kier molecular flexibility index (Phi) is 12.0. The number of ether oxygens (including phenoxy) is 1. The fraction of sp³-hybridized carbons (Fsp3) is 0.952. The van der Waals surface area contributed by atoms with Crippen molar-refractivity contribution in [3.63, 3.8) is 0 Å². The van der Waals surface area contributed by atoms with Gasteiger partial charge in [0, 0.05) is 26.3 Å². The Balaban J connectivity index is 0.000000309. The van der Waals surface area contributed by atoms with Gasteiger partial charge in [-0.2, -0.15) is 0 Å². The zero-order valence-electron chi connectivity index (χ0n) is 17.7. The topological polar surface area (TPSA) is 82.0 Å². The van der Waals surface area contributed by atoms with Crippen molar-refractivity contribution in [2.24, 2.45) is 11.8 Å². The number of amides is 1. The zero-order chi connectivity index (χ0) is 20.1. The number of rotatable bonds is 6. The fourth-order valence-electron chi connectivity index (χ4n) is 3.66. The molecule has 0 bridgehead atoms. The van der Waals surface area contributed by atoms with Gasteiger partial charge in [0.1, 0.15) is 5.60 Å². The molecule has 0 atom stereocenters. The molecule has 0 aromatic heterocycles. The minimum Gasteiger partial charge on any atom is -0.444 e. The summed E-state index contributed by atoms with van der Waals surface area (Å²) in [4.78, 5) is 13.6. The van der Waals surface area contributed by atoms with Crippen molar-refractivity contribution in [3.8, 4) is 0 Å². The fourth-order valence-corrected chi connectivity index (χ4v) is 3.66. The van der Waals surface area contributed by atoms with Crippen molar-refractivity contribution in [1.29, 1.82) is 0 Å². The van der Waals surface area contributed by atoms with E-state index in [0.717, 1.165) is 51.1 Å². The second-order valence-electron chi connectivity index (χ2n) is 8.84. The third-order valence-corrected chi connectivity index (χ3v) is 5.27. The number of hydrogen-bond donors (Lipinski definition) is 3. The van der Waals surface area contributed by atoms with E-state index in [1.165, 1.54) is 32.4 Å². The van der Waals surface area contributed by atoms with E-state index >= 15 is 0 Å². The van der Waals surface area contributed by atoms with Gasteiger partial charge in [-0.05, 0) is 97.1 Å². The van der Waals surface area contributed by atoms with E-state index in [1.807, 2.05) is 20.8 Å². The maximum atomic E-state index is 11.8. The summed E-state index contributed by atoms with van der Waals surface area (Å²) in [6.07, 6.45) is 8.62. The Labute approximate surface area is 165 Å². The van der Waals surface area contributed by atoms with E-state index in [0.29, 0.717) is 12.5 Å². The number of carbonyl (C=O) groups excluding carboxylic acids is 1. The minimum absolute atomic E-state index is 0.196. The Morgan fingerprint density at radius 1 is 0.963 bits per heavy atom. The van der Waals surface area contributed by atoms with Crippen LogP contribution in [0.25, 0.3) is 0 Å². The second kappa shape index (κ2) is 13.3. The van der Waals surface area contributed by atoms with E-state index in [-0.39, 0.29) is 12.7 Å². The first-order chi connectivity index (χ1) is 12.9. The molecule has 2 fully saturated rings. The lowest BCUT2D eigenvalue weighted by Crippen LogP contribution is -2.41. The van der Waals surface area contributed by atoms with Crippen molar-refractivity contribution < 1.29 is 19.7 Å². The van der Waals surface area contributed by atoms with Crippen LogP contribution in [-0.2, 0) is 4.74 Å². The van der Waals surface area contributed by atoms with Crippen LogP contribution in [0.4, 0.5) is 4.79 Å². The SMILES string of the molecule is CC(C)(C)OC(=O)N1CCC(CCCO)CC1.OCCCC1CCNCC1. The molecule has 0 radical (unpaired) electrons. The van der Waals surface area contributed by atoms with Crippen LogP contribution in [0.3, 0.4) is 0 Å².